The number of hydrogen-bond donors (Lipinski definition) is 1. The number of aliphatic hydroxyl groups excluding tert-OH is 1. The molecule has 0 fully saturated rings. The van der Waals surface area contributed by atoms with Crippen LogP contribution in [0.2, 0.25) is 0 Å². The molecule has 0 atom stereocenters. The zero-order valence-corrected chi connectivity index (χ0v) is 6.90. The summed E-state index contributed by atoms with van der Waals surface area (Å²) < 4.78 is 4.13. The summed E-state index contributed by atoms with van der Waals surface area (Å²) in [7, 11) is 2.00. The molecule has 0 saturated heterocycles. The summed E-state index contributed by atoms with van der Waals surface area (Å²) >= 11 is 0. The van der Waals surface area contributed by atoms with Gasteiger partial charge in [-0.15, -0.1) is 0 Å². The summed E-state index contributed by atoms with van der Waals surface area (Å²) in [6.45, 7) is 1.30. The van der Waals surface area contributed by atoms with E-state index in [2.05, 4.69) is 4.57 Å². The second-order valence-electron chi connectivity index (χ2n) is 2.75. The lowest BCUT2D eigenvalue weighted by atomic mass is 10.3. The maximum atomic E-state index is 8.54. The molecule has 0 aliphatic heterocycles. The molecular formula is C8H15N2O+. The molecule has 0 unspecified atom stereocenters. The van der Waals surface area contributed by atoms with Crippen LogP contribution in [0.5, 0.6) is 0 Å². The van der Waals surface area contributed by atoms with Crippen molar-refractivity contribution in [3.05, 3.63) is 18.7 Å². The van der Waals surface area contributed by atoms with Gasteiger partial charge >= 0.3 is 0 Å². The molecule has 0 spiro atoms. The summed E-state index contributed by atoms with van der Waals surface area (Å²) in [6, 6.07) is 0. The molecule has 0 amide bonds. The molecule has 0 bridgehead atoms. The molecule has 62 valence electrons. The van der Waals surface area contributed by atoms with Crippen molar-refractivity contribution in [2.45, 2.75) is 19.4 Å². The highest BCUT2D eigenvalue weighted by Crippen LogP contribution is 1.92. The van der Waals surface area contributed by atoms with Gasteiger partial charge in [-0.1, -0.05) is 0 Å². The van der Waals surface area contributed by atoms with Crippen LogP contribution in [0.3, 0.4) is 0 Å². The molecule has 0 aliphatic rings. The number of hydrogen-bond acceptors (Lipinski definition) is 1. The van der Waals surface area contributed by atoms with Crippen LogP contribution in [0.15, 0.2) is 18.7 Å². The average Bonchev–Trinajstić information content (AvgIpc) is 2.37. The van der Waals surface area contributed by atoms with E-state index in [1.165, 1.54) is 0 Å². The first-order valence-corrected chi connectivity index (χ1v) is 3.95. The second-order valence-corrected chi connectivity index (χ2v) is 2.75. The fourth-order valence-corrected chi connectivity index (χ4v) is 1.04. The highest BCUT2D eigenvalue weighted by Gasteiger charge is 1.97. The van der Waals surface area contributed by atoms with Gasteiger partial charge in [-0.3, -0.25) is 0 Å². The molecule has 3 nitrogen and oxygen atoms in total. The van der Waals surface area contributed by atoms with Crippen LogP contribution in [0, 0.1) is 0 Å². The molecule has 0 radical (unpaired) electrons. The van der Waals surface area contributed by atoms with Crippen LogP contribution >= 0.6 is 0 Å². The summed E-state index contributed by atoms with van der Waals surface area (Å²) in [6.07, 6.45) is 8.03. The van der Waals surface area contributed by atoms with Crippen LogP contribution < -0.4 is 4.57 Å². The summed E-state index contributed by atoms with van der Waals surface area (Å²) in [5, 5.41) is 8.54. The standard InChI is InChI=1S/C8H15N2O/c1-9-5-6-10(8-9)4-2-3-7-11/h5-6,8,11H,2-4,7H2,1H3/q+1. The Balaban J connectivity index is 2.27. The first kappa shape index (κ1) is 8.27. The Morgan fingerprint density at radius 2 is 2.27 bits per heavy atom. The normalized spacial score (nSPS) is 10.4. The third-order valence-corrected chi connectivity index (χ3v) is 1.65. The Kier molecular flexibility index (Phi) is 3.11. The van der Waals surface area contributed by atoms with E-state index in [0.717, 1.165) is 19.4 Å². The number of aryl methyl sites for hydroxylation is 2. The monoisotopic (exact) mass is 155 g/mol. The molecule has 0 aliphatic carbocycles. The molecule has 3 heteroatoms. The minimum absolute atomic E-state index is 0.299. The van der Waals surface area contributed by atoms with Crippen molar-refractivity contribution < 1.29 is 9.67 Å². The Bertz CT molecular complexity index is 208. The van der Waals surface area contributed by atoms with Crippen LogP contribution in [-0.4, -0.2) is 16.3 Å². The van der Waals surface area contributed by atoms with Crippen molar-refractivity contribution in [1.29, 1.82) is 0 Å². The SMILES string of the molecule is C[n+]1ccn(CCCCO)c1. The van der Waals surface area contributed by atoms with Gasteiger partial charge in [-0.05, 0) is 12.8 Å². The van der Waals surface area contributed by atoms with Crippen molar-refractivity contribution in [2.75, 3.05) is 6.61 Å². The lowest BCUT2D eigenvalue weighted by Crippen LogP contribution is -2.23. The van der Waals surface area contributed by atoms with Crippen LogP contribution in [0.4, 0.5) is 0 Å². The Labute approximate surface area is 66.9 Å². The fraction of sp³-hybridized carbons (Fsp3) is 0.625. The lowest BCUT2D eigenvalue weighted by molar-refractivity contribution is -0.671. The van der Waals surface area contributed by atoms with E-state index in [4.69, 9.17) is 5.11 Å². The number of imidazole rings is 1. The van der Waals surface area contributed by atoms with Crippen LogP contribution in [-0.2, 0) is 13.6 Å². The van der Waals surface area contributed by atoms with Gasteiger partial charge in [0, 0.05) is 6.61 Å². The molecule has 1 aromatic heterocycles. The maximum Gasteiger partial charge on any atom is 0.243 e. The first-order valence-electron chi connectivity index (χ1n) is 3.95. The summed E-state index contributed by atoms with van der Waals surface area (Å²) in [5.74, 6) is 0. The average molecular weight is 155 g/mol. The van der Waals surface area contributed by atoms with E-state index in [9.17, 15) is 0 Å². The van der Waals surface area contributed by atoms with E-state index in [-0.39, 0.29) is 0 Å². The van der Waals surface area contributed by atoms with Crippen molar-refractivity contribution >= 4 is 0 Å². The van der Waals surface area contributed by atoms with Gasteiger partial charge in [0.2, 0.25) is 6.33 Å². The largest absolute Gasteiger partial charge is 0.396 e. The van der Waals surface area contributed by atoms with Crippen LogP contribution in [0.1, 0.15) is 12.8 Å². The van der Waals surface area contributed by atoms with Gasteiger partial charge in [0.1, 0.15) is 12.4 Å². The Hall–Kier alpha value is -0.830. The number of nitrogens with zero attached hydrogens (tertiary/aromatic N) is 2. The van der Waals surface area contributed by atoms with Gasteiger partial charge in [-0.2, -0.15) is 0 Å². The topological polar surface area (TPSA) is 29.0 Å². The zero-order valence-electron chi connectivity index (χ0n) is 6.90. The van der Waals surface area contributed by atoms with Crippen molar-refractivity contribution in [2.24, 2.45) is 7.05 Å². The lowest BCUT2D eigenvalue weighted by Gasteiger charge is -1.93. The molecule has 0 saturated carbocycles. The molecule has 1 aromatic rings. The van der Waals surface area contributed by atoms with Crippen molar-refractivity contribution in [3.8, 4) is 0 Å². The Morgan fingerprint density at radius 3 is 2.82 bits per heavy atom. The molecule has 1 N–H and O–H groups in total. The number of aliphatic hydroxyl groups is 1. The minimum atomic E-state index is 0.299. The zero-order chi connectivity index (χ0) is 8.10. The van der Waals surface area contributed by atoms with Gasteiger partial charge in [0.15, 0.2) is 0 Å². The predicted molar refractivity (Wildman–Crippen MR) is 41.9 cm³/mol. The molecule has 1 rings (SSSR count). The van der Waals surface area contributed by atoms with Crippen molar-refractivity contribution in [1.82, 2.24) is 4.57 Å². The summed E-state index contributed by atoms with van der Waals surface area (Å²) in [4.78, 5) is 0. The molecule has 0 aromatic carbocycles. The first-order chi connectivity index (χ1) is 5.33. The Morgan fingerprint density at radius 1 is 1.45 bits per heavy atom. The molecular weight excluding hydrogens is 140 g/mol. The van der Waals surface area contributed by atoms with Gasteiger partial charge in [0.25, 0.3) is 0 Å². The van der Waals surface area contributed by atoms with E-state index in [1.807, 2.05) is 30.3 Å². The van der Waals surface area contributed by atoms with E-state index < -0.39 is 0 Å². The molecule has 1 heterocycles. The van der Waals surface area contributed by atoms with Gasteiger partial charge in [0.05, 0.1) is 13.6 Å². The molecule has 11 heavy (non-hydrogen) atoms. The van der Waals surface area contributed by atoms with E-state index >= 15 is 0 Å². The number of aromatic nitrogens is 2. The number of unbranched alkanes of at least 4 members (excludes halogenated alkanes) is 1. The van der Waals surface area contributed by atoms with Crippen LogP contribution in [0.25, 0.3) is 0 Å². The minimum Gasteiger partial charge on any atom is -0.396 e. The third kappa shape index (κ3) is 2.72. The van der Waals surface area contributed by atoms with E-state index in [1.54, 1.807) is 0 Å². The summed E-state index contributed by atoms with van der Waals surface area (Å²) in [5.41, 5.74) is 0. The highest BCUT2D eigenvalue weighted by atomic mass is 16.2. The van der Waals surface area contributed by atoms with Gasteiger partial charge < -0.3 is 5.11 Å². The smallest absolute Gasteiger partial charge is 0.243 e. The highest BCUT2D eigenvalue weighted by molar-refractivity contribution is 4.65. The van der Waals surface area contributed by atoms with Crippen molar-refractivity contribution in [3.63, 3.8) is 0 Å². The van der Waals surface area contributed by atoms with E-state index in [0.29, 0.717) is 6.61 Å². The second kappa shape index (κ2) is 4.13. The predicted octanol–water partition coefficient (Wildman–Crippen LogP) is 0.0851. The maximum absolute atomic E-state index is 8.54. The fourth-order valence-electron chi connectivity index (χ4n) is 1.04. The van der Waals surface area contributed by atoms with Gasteiger partial charge in [-0.25, -0.2) is 9.13 Å². The quantitative estimate of drug-likeness (QED) is 0.484. The third-order valence-electron chi connectivity index (χ3n) is 1.65. The number of rotatable bonds is 4.